The second-order valence-electron chi connectivity index (χ2n) is 7.59. The first-order valence-electron chi connectivity index (χ1n) is 9.43. The van der Waals surface area contributed by atoms with E-state index < -0.39 is 25.4 Å². The van der Waals surface area contributed by atoms with Crippen LogP contribution in [0.15, 0.2) is 34.1 Å². The molecule has 1 amide bonds. The minimum Gasteiger partial charge on any atom is -0.368 e. The predicted molar refractivity (Wildman–Crippen MR) is 105 cm³/mol. The zero-order chi connectivity index (χ0) is 20.6. The molecule has 0 unspecified atom stereocenters. The van der Waals surface area contributed by atoms with Crippen LogP contribution < -0.4 is 5.73 Å². The number of nitrogens with two attached hydrogens (primary N) is 1. The van der Waals surface area contributed by atoms with Crippen LogP contribution >= 0.6 is 0 Å². The zero-order valence-electron chi connectivity index (χ0n) is 16.0. The Morgan fingerprint density at radius 2 is 1.39 bits per heavy atom. The normalized spacial score (nSPS) is 22.0. The number of hydrogen-bond acceptors (Lipinski definition) is 6. The lowest BCUT2D eigenvalue weighted by molar-refractivity contribution is -0.134. The van der Waals surface area contributed by atoms with Crippen molar-refractivity contribution < 1.29 is 21.6 Å². The maximum absolute atomic E-state index is 13.0. The van der Waals surface area contributed by atoms with Gasteiger partial charge in [-0.1, -0.05) is 6.42 Å². The van der Waals surface area contributed by atoms with Crippen LogP contribution in [0.2, 0.25) is 0 Å². The minimum absolute atomic E-state index is 0.0458. The van der Waals surface area contributed by atoms with Crippen molar-refractivity contribution in [2.75, 3.05) is 32.4 Å². The highest BCUT2D eigenvalue weighted by atomic mass is 32.2. The van der Waals surface area contributed by atoms with E-state index in [4.69, 9.17) is 5.73 Å². The third-order valence-electron chi connectivity index (χ3n) is 5.86. The number of nitrogens with zero attached hydrogens (tertiary/aromatic N) is 2. The SMILES string of the molecule is CS(=O)(=O)c1ccc(S(=O)(=O)N2CCC(C(N)=O)(N3CCCCC3)CC2)cc1. The Balaban J connectivity index is 1.78. The Labute approximate surface area is 166 Å². The first-order chi connectivity index (χ1) is 13.1. The molecule has 2 fully saturated rings. The Kier molecular flexibility index (Phi) is 5.86. The van der Waals surface area contributed by atoms with Crippen molar-refractivity contribution >= 4 is 25.8 Å². The van der Waals surface area contributed by atoms with Gasteiger partial charge in [0.15, 0.2) is 9.84 Å². The number of primary amides is 1. The average molecular weight is 430 g/mol. The van der Waals surface area contributed by atoms with Gasteiger partial charge in [0.2, 0.25) is 15.9 Å². The number of likely N-dealkylation sites (tertiary alicyclic amines) is 1. The number of piperidine rings is 2. The molecule has 28 heavy (non-hydrogen) atoms. The second kappa shape index (κ2) is 7.74. The van der Waals surface area contributed by atoms with Crippen LogP contribution in [-0.2, 0) is 24.7 Å². The van der Waals surface area contributed by atoms with Gasteiger partial charge in [-0.25, -0.2) is 16.8 Å². The summed E-state index contributed by atoms with van der Waals surface area (Å²) >= 11 is 0. The monoisotopic (exact) mass is 429 g/mol. The molecule has 0 aromatic heterocycles. The summed E-state index contributed by atoms with van der Waals surface area (Å²) in [7, 11) is -7.16. The Hall–Kier alpha value is -1.49. The zero-order valence-corrected chi connectivity index (χ0v) is 17.6. The molecule has 10 heteroatoms. The molecule has 8 nitrogen and oxygen atoms in total. The second-order valence-corrected chi connectivity index (χ2v) is 11.5. The maximum atomic E-state index is 13.0. The van der Waals surface area contributed by atoms with Gasteiger partial charge >= 0.3 is 0 Å². The fourth-order valence-corrected chi connectivity index (χ4v) is 6.22. The number of hydrogen-bond donors (Lipinski definition) is 1. The topological polar surface area (TPSA) is 118 Å². The smallest absolute Gasteiger partial charge is 0.243 e. The first kappa shape index (κ1) is 21.2. The lowest BCUT2D eigenvalue weighted by Gasteiger charge is -2.47. The minimum atomic E-state index is -3.76. The fraction of sp³-hybridized carbons (Fsp3) is 0.611. The Morgan fingerprint density at radius 1 is 0.893 bits per heavy atom. The quantitative estimate of drug-likeness (QED) is 0.732. The maximum Gasteiger partial charge on any atom is 0.243 e. The van der Waals surface area contributed by atoms with Crippen LogP contribution in [0.1, 0.15) is 32.1 Å². The molecule has 3 rings (SSSR count). The summed E-state index contributed by atoms with van der Waals surface area (Å²) in [4.78, 5) is 14.5. The molecule has 1 aromatic carbocycles. The van der Waals surface area contributed by atoms with Gasteiger partial charge < -0.3 is 5.73 Å². The van der Waals surface area contributed by atoms with E-state index in [-0.39, 0.29) is 28.8 Å². The molecule has 2 saturated heterocycles. The van der Waals surface area contributed by atoms with Crippen LogP contribution in [0.5, 0.6) is 0 Å². The van der Waals surface area contributed by atoms with Crippen LogP contribution in [0.25, 0.3) is 0 Å². The van der Waals surface area contributed by atoms with Crippen molar-refractivity contribution in [3.05, 3.63) is 24.3 Å². The molecule has 0 atom stereocenters. The molecule has 0 saturated carbocycles. The number of sulfone groups is 1. The van der Waals surface area contributed by atoms with E-state index in [0.29, 0.717) is 12.8 Å². The van der Waals surface area contributed by atoms with Gasteiger partial charge in [-0.15, -0.1) is 0 Å². The highest BCUT2D eigenvalue weighted by Gasteiger charge is 2.47. The van der Waals surface area contributed by atoms with Crippen molar-refractivity contribution in [2.24, 2.45) is 5.73 Å². The third-order valence-corrected chi connectivity index (χ3v) is 8.90. The lowest BCUT2D eigenvalue weighted by Crippen LogP contribution is -2.63. The molecular weight excluding hydrogens is 402 g/mol. The molecule has 2 N–H and O–H groups in total. The van der Waals surface area contributed by atoms with E-state index >= 15 is 0 Å². The third kappa shape index (κ3) is 3.96. The summed E-state index contributed by atoms with van der Waals surface area (Å²) in [5, 5.41) is 0. The summed E-state index contributed by atoms with van der Waals surface area (Å²) < 4.78 is 50.4. The molecule has 2 aliphatic heterocycles. The molecule has 1 aromatic rings. The van der Waals surface area contributed by atoms with Crippen molar-refractivity contribution in [1.82, 2.24) is 9.21 Å². The van der Waals surface area contributed by atoms with E-state index in [9.17, 15) is 21.6 Å². The van der Waals surface area contributed by atoms with E-state index in [1.165, 1.54) is 28.6 Å². The van der Waals surface area contributed by atoms with Crippen LogP contribution in [0, 0.1) is 0 Å². The van der Waals surface area contributed by atoms with Gasteiger partial charge in [-0.3, -0.25) is 9.69 Å². The largest absolute Gasteiger partial charge is 0.368 e. The van der Waals surface area contributed by atoms with Crippen molar-refractivity contribution in [3.63, 3.8) is 0 Å². The summed E-state index contributed by atoms with van der Waals surface area (Å²) in [6.45, 7) is 2.02. The number of sulfonamides is 1. The van der Waals surface area contributed by atoms with Crippen molar-refractivity contribution in [1.29, 1.82) is 0 Å². The molecule has 0 radical (unpaired) electrons. The molecular formula is C18H27N3O5S2. The molecule has 2 aliphatic rings. The molecule has 156 valence electrons. The van der Waals surface area contributed by atoms with Gasteiger partial charge in [0.05, 0.1) is 9.79 Å². The average Bonchev–Trinajstić information content (AvgIpc) is 2.68. The highest BCUT2D eigenvalue weighted by Crippen LogP contribution is 2.33. The summed E-state index contributed by atoms with van der Waals surface area (Å²) in [6, 6.07) is 5.22. The standard InChI is InChI=1S/C18H27N3O5S2/c1-27(23,24)15-5-7-16(8-6-15)28(25,26)21-13-9-18(10-14-21,17(19)22)20-11-3-2-4-12-20/h5-8H,2-4,9-14H2,1H3,(H2,19,22). The summed E-state index contributed by atoms with van der Waals surface area (Å²) in [5.74, 6) is -0.385. The van der Waals surface area contributed by atoms with E-state index in [0.717, 1.165) is 38.6 Å². The molecule has 0 bridgehead atoms. The number of amides is 1. The van der Waals surface area contributed by atoms with Gasteiger partial charge in [0, 0.05) is 19.3 Å². The fourth-order valence-electron chi connectivity index (χ4n) is 4.14. The van der Waals surface area contributed by atoms with Crippen LogP contribution in [0.4, 0.5) is 0 Å². The summed E-state index contributed by atoms with van der Waals surface area (Å²) in [5.41, 5.74) is 4.97. The molecule has 2 heterocycles. The van der Waals surface area contributed by atoms with Crippen LogP contribution in [-0.4, -0.2) is 69.9 Å². The Morgan fingerprint density at radius 3 is 1.86 bits per heavy atom. The lowest BCUT2D eigenvalue weighted by atomic mass is 9.84. The van der Waals surface area contributed by atoms with Crippen LogP contribution in [0.3, 0.4) is 0 Å². The van der Waals surface area contributed by atoms with E-state index in [2.05, 4.69) is 4.90 Å². The first-order valence-corrected chi connectivity index (χ1v) is 12.8. The van der Waals surface area contributed by atoms with Gasteiger partial charge in [0.25, 0.3) is 0 Å². The Bertz CT molecular complexity index is 928. The molecule has 0 spiro atoms. The van der Waals surface area contributed by atoms with Gasteiger partial charge in [0.1, 0.15) is 5.54 Å². The number of rotatable bonds is 5. The van der Waals surface area contributed by atoms with E-state index in [1.807, 2.05) is 0 Å². The van der Waals surface area contributed by atoms with E-state index in [1.54, 1.807) is 0 Å². The number of carbonyl (C=O) groups excluding carboxylic acids is 1. The number of carbonyl (C=O) groups is 1. The van der Waals surface area contributed by atoms with Crippen molar-refractivity contribution in [2.45, 2.75) is 47.4 Å². The number of benzene rings is 1. The van der Waals surface area contributed by atoms with Gasteiger partial charge in [-0.2, -0.15) is 4.31 Å². The van der Waals surface area contributed by atoms with Crippen molar-refractivity contribution in [3.8, 4) is 0 Å². The highest BCUT2D eigenvalue weighted by molar-refractivity contribution is 7.90. The van der Waals surface area contributed by atoms with Gasteiger partial charge in [-0.05, 0) is 63.0 Å². The summed E-state index contributed by atoms with van der Waals surface area (Å²) in [6.07, 6.45) is 4.97. The molecule has 0 aliphatic carbocycles. The predicted octanol–water partition coefficient (Wildman–Crippen LogP) is 0.585.